The van der Waals surface area contributed by atoms with E-state index < -0.39 is 0 Å². The van der Waals surface area contributed by atoms with Gasteiger partial charge in [-0.25, -0.2) is 4.98 Å². The van der Waals surface area contributed by atoms with E-state index in [9.17, 15) is 4.79 Å². The van der Waals surface area contributed by atoms with Gasteiger partial charge in [0, 0.05) is 36.7 Å². The molecule has 0 bridgehead atoms. The van der Waals surface area contributed by atoms with Crippen LogP contribution in [0.5, 0.6) is 0 Å². The third kappa shape index (κ3) is 3.46. The van der Waals surface area contributed by atoms with Crippen LogP contribution >= 0.6 is 11.3 Å². The molecular formula is C24H30N4OS. The maximum atomic E-state index is 13.0. The smallest absolute Gasteiger partial charge is 0.259 e. The van der Waals surface area contributed by atoms with Crippen molar-refractivity contribution in [3.05, 3.63) is 56.4 Å². The molecule has 0 radical (unpaired) electrons. The molecule has 0 spiro atoms. The summed E-state index contributed by atoms with van der Waals surface area (Å²) in [6.45, 7) is 10.6. The van der Waals surface area contributed by atoms with Crippen LogP contribution in [0.4, 0.5) is 5.69 Å². The second-order valence-corrected chi connectivity index (χ2v) is 10.1. The molecule has 2 aliphatic rings. The number of hydrogen-bond donors (Lipinski definition) is 1. The summed E-state index contributed by atoms with van der Waals surface area (Å²) in [5.74, 6) is 1.51. The van der Waals surface area contributed by atoms with E-state index in [0.29, 0.717) is 5.92 Å². The predicted molar refractivity (Wildman–Crippen MR) is 125 cm³/mol. The zero-order valence-corrected chi connectivity index (χ0v) is 18.9. The second kappa shape index (κ2) is 7.82. The summed E-state index contributed by atoms with van der Waals surface area (Å²) in [5, 5.41) is 0.849. The molecule has 1 saturated heterocycles. The summed E-state index contributed by atoms with van der Waals surface area (Å²) in [7, 11) is 0. The number of aromatic nitrogens is 2. The van der Waals surface area contributed by atoms with E-state index in [4.69, 9.17) is 4.98 Å². The standard InChI is InChI=1S/C24H30N4OS/c1-15-8-9-18-20(14-15)30-24-21(18)23(29)25-22(26-24)17(3)27-10-12-28(13-11-27)19-7-5-4-6-16(19)2/h4-7,15,17H,8-14H2,1-3H3,(H,25,26,29)/t15-,17+/m1/s1. The lowest BCUT2D eigenvalue weighted by Crippen LogP contribution is -2.47. The van der Waals surface area contributed by atoms with Crippen molar-refractivity contribution in [2.24, 2.45) is 5.92 Å². The molecule has 0 saturated carbocycles. The Bertz CT molecular complexity index is 1130. The number of aryl methyl sites for hydroxylation is 2. The monoisotopic (exact) mass is 422 g/mol. The number of para-hydroxylation sites is 1. The van der Waals surface area contributed by atoms with Gasteiger partial charge in [0.2, 0.25) is 0 Å². The Kier molecular flexibility index (Phi) is 5.15. The second-order valence-electron chi connectivity index (χ2n) is 8.97. The SMILES string of the molecule is Cc1ccccc1N1CCN([C@@H](C)c2nc3sc4c(c3c(=O)[nH]2)CC[C@@H](C)C4)CC1. The van der Waals surface area contributed by atoms with Crippen LogP contribution in [0.15, 0.2) is 29.1 Å². The first-order valence-corrected chi connectivity index (χ1v) is 11.9. The minimum atomic E-state index is 0.0486. The van der Waals surface area contributed by atoms with Crippen molar-refractivity contribution in [3.63, 3.8) is 0 Å². The third-order valence-corrected chi connectivity index (χ3v) is 8.05. The van der Waals surface area contributed by atoms with Crippen LogP contribution in [-0.4, -0.2) is 41.0 Å². The normalized spacial score (nSPS) is 21.0. The van der Waals surface area contributed by atoms with Gasteiger partial charge in [0.15, 0.2) is 0 Å². The minimum Gasteiger partial charge on any atom is -0.369 e. The number of H-pyrrole nitrogens is 1. The summed E-state index contributed by atoms with van der Waals surface area (Å²) in [6.07, 6.45) is 3.26. The largest absolute Gasteiger partial charge is 0.369 e. The van der Waals surface area contributed by atoms with Gasteiger partial charge in [-0.15, -0.1) is 11.3 Å². The van der Waals surface area contributed by atoms with E-state index in [2.05, 4.69) is 59.8 Å². The summed E-state index contributed by atoms with van der Waals surface area (Å²) in [4.78, 5) is 28.2. The molecule has 158 valence electrons. The number of aromatic amines is 1. The van der Waals surface area contributed by atoms with Gasteiger partial charge in [-0.2, -0.15) is 0 Å². The fraction of sp³-hybridized carbons (Fsp3) is 0.500. The lowest BCUT2D eigenvalue weighted by Gasteiger charge is -2.39. The van der Waals surface area contributed by atoms with Gasteiger partial charge in [-0.05, 0) is 56.2 Å². The molecule has 5 rings (SSSR count). The average molecular weight is 423 g/mol. The summed E-state index contributed by atoms with van der Waals surface area (Å²) >= 11 is 1.74. The minimum absolute atomic E-state index is 0.0486. The molecular weight excluding hydrogens is 392 g/mol. The van der Waals surface area contributed by atoms with Gasteiger partial charge in [-0.1, -0.05) is 25.1 Å². The van der Waals surface area contributed by atoms with Crippen LogP contribution in [-0.2, 0) is 12.8 Å². The van der Waals surface area contributed by atoms with Gasteiger partial charge >= 0.3 is 0 Å². The van der Waals surface area contributed by atoms with E-state index in [1.54, 1.807) is 11.3 Å². The van der Waals surface area contributed by atoms with Crippen molar-refractivity contribution in [3.8, 4) is 0 Å². The maximum Gasteiger partial charge on any atom is 0.259 e. The van der Waals surface area contributed by atoms with Crippen molar-refractivity contribution >= 4 is 27.2 Å². The lowest BCUT2D eigenvalue weighted by molar-refractivity contribution is 0.191. The number of thiophene rings is 1. The van der Waals surface area contributed by atoms with Crippen molar-refractivity contribution in [2.45, 2.75) is 46.1 Å². The van der Waals surface area contributed by atoms with E-state index in [1.165, 1.54) is 28.1 Å². The van der Waals surface area contributed by atoms with Crippen LogP contribution < -0.4 is 10.5 Å². The Morgan fingerprint density at radius 3 is 2.73 bits per heavy atom. The molecule has 1 aromatic carbocycles. The van der Waals surface area contributed by atoms with Gasteiger partial charge in [0.25, 0.3) is 5.56 Å². The zero-order chi connectivity index (χ0) is 20.8. The summed E-state index contributed by atoms with van der Waals surface area (Å²) in [5.41, 5.74) is 3.96. The quantitative estimate of drug-likeness (QED) is 0.684. The first-order valence-electron chi connectivity index (χ1n) is 11.1. The summed E-state index contributed by atoms with van der Waals surface area (Å²) in [6, 6.07) is 8.70. The molecule has 30 heavy (non-hydrogen) atoms. The Balaban J connectivity index is 1.36. The number of nitrogens with one attached hydrogen (secondary N) is 1. The number of benzene rings is 1. The van der Waals surface area contributed by atoms with Crippen molar-refractivity contribution in [1.82, 2.24) is 14.9 Å². The molecule has 1 N–H and O–H groups in total. The average Bonchev–Trinajstić information content (AvgIpc) is 3.11. The van der Waals surface area contributed by atoms with Gasteiger partial charge in [0.1, 0.15) is 10.7 Å². The fourth-order valence-electron chi connectivity index (χ4n) is 5.00. The van der Waals surface area contributed by atoms with Crippen LogP contribution in [0.25, 0.3) is 10.2 Å². The maximum absolute atomic E-state index is 13.0. The van der Waals surface area contributed by atoms with E-state index in [0.717, 1.165) is 55.1 Å². The highest BCUT2D eigenvalue weighted by Crippen LogP contribution is 2.36. The molecule has 2 aromatic heterocycles. The molecule has 1 aliphatic heterocycles. The highest BCUT2D eigenvalue weighted by Gasteiger charge is 2.27. The first kappa shape index (κ1) is 19.8. The Morgan fingerprint density at radius 2 is 1.97 bits per heavy atom. The number of hydrogen-bond acceptors (Lipinski definition) is 5. The third-order valence-electron chi connectivity index (χ3n) is 6.90. The van der Waals surface area contributed by atoms with Gasteiger partial charge in [0.05, 0.1) is 11.4 Å². The van der Waals surface area contributed by atoms with Crippen LogP contribution in [0.1, 0.15) is 48.1 Å². The molecule has 2 atom stereocenters. The van der Waals surface area contributed by atoms with Gasteiger partial charge < -0.3 is 9.88 Å². The number of fused-ring (bicyclic) bond motifs is 3. The first-order chi connectivity index (χ1) is 14.5. The predicted octanol–water partition coefficient (Wildman–Crippen LogP) is 4.30. The van der Waals surface area contributed by atoms with Gasteiger partial charge in [-0.3, -0.25) is 9.69 Å². The Morgan fingerprint density at radius 1 is 1.20 bits per heavy atom. The van der Waals surface area contributed by atoms with Crippen LogP contribution in [0.3, 0.4) is 0 Å². The van der Waals surface area contributed by atoms with Crippen LogP contribution in [0.2, 0.25) is 0 Å². The molecule has 3 aromatic rings. The highest BCUT2D eigenvalue weighted by molar-refractivity contribution is 7.18. The van der Waals surface area contributed by atoms with E-state index >= 15 is 0 Å². The molecule has 0 unspecified atom stereocenters. The van der Waals surface area contributed by atoms with Crippen molar-refractivity contribution < 1.29 is 0 Å². The Hall–Kier alpha value is -2.18. The molecule has 6 heteroatoms. The molecule has 1 aliphatic carbocycles. The number of rotatable bonds is 3. The molecule has 0 amide bonds. The topological polar surface area (TPSA) is 52.2 Å². The van der Waals surface area contributed by atoms with E-state index in [1.807, 2.05) is 0 Å². The number of piperazine rings is 1. The van der Waals surface area contributed by atoms with Crippen molar-refractivity contribution in [2.75, 3.05) is 31.1 Å². The summed E-state index contributed by atoms with van der Waals surface area (Å²) < 4.78 is 0. The number of nitrogens with zero attached hydrogens (tertiary/aromatic N) is 3. The number of anilines is 1. The fourth-order valence-corrected chi connectivity index (χ4v) is 6.40. The molecule has 1 fully saturated rings. The molecule has 5 nitrogen and oxygen atoms in total. The lowest BCUT2D eigenvalue weighted by atomic mass is 9.89. The molecule has 3 heterocycles. The van der Waals surface area contributed by atoms with Crippen LogP contribution in [0, 0.1) is 12.8 Å². The Labute approximate surface area is 181 Å². The van der Waals surface area contributed by atoms with E-state index in [-0.39, 0.29) is 11.6 Å². The zero-order valence-electron chi connectivity index (χ0n) is 18.1. The highest BCUT2D eigenvalue weighted by atomic mass is 32.1. The van der Waals surface area contributed by atoms with Crippen molar-refractivity contribution in [1.29, 1.82) is 0 Å².